The maximum atomic E-state index is 3.82. The first-order chi connectivity index (χ1) is 4.88. The van der Waals surface area contributed by atoms with Gasteiger partial charge in [-0.25, -0.2) is 0 Å². The summed E-state index contributed by atoms with van der Waals surface area (Å²) in [6.07, 6.45) is 0. The summed E-state index contributed by atoms with van der Waals surface area (Å²) in [5.74, 6) is 0. The van der Waals surface area contributed by atoms with E-state index in [1.807, 2.05) is 24.3 Å². The van der Waals surface area contributed by atoms with Crippen LogP contribution >= 0.6 is 0 Å². The second-order valence-corrected chi connectivity index (χ2v) is 2.27. The fourth-order valence-corrected chi connectivity index (χ4v) is 1.07. The van der Waals surface area contributed by atoms with Crippen LogP contribution in [-0.4, -0.2) is 0 Å². The second kappa shape index (κ2) is 1.77. The van der Waals surface area contributed by atoms with E-state index in [0.717, 1.165) is 16.9 Å². The summed E-state index contributed by atoms with van der Waals surface area (Å²) in [5.41, 5.74) is 9.14. The van der Waals surface area contributed by atoms with Gasteiger partial charge in [-0.1, -0.05) is 24.8 Å². The van der Waals surface area contributed by atoms with Crippen LogP contribution in [0.5, 0.6) is 0 Å². The summed E-state index contributed by atoms with van der Waals surface area (Å²) < 4.78 is 0. The molecule has 1 aromatic carbocycles. The van der Waals surface area contributed by atoms with Gasteiger partial charge < -0.3 is 10.9 Å². The third-order valence-electron chi connectivity index (χ3n) is 1.60. The quantitative estimate of drug-likeness (QED) is 0.560. The van der Waals surface area contributed by atoms with E-state index >= 15 is 0 Å². The van der Waals surface area contributed by atoms with E-state index in [1.165, 1.54) is 0 Å². The molecule has 0 aromatic heterocycles. The van der Waals surface area contributed by atoms with Gasteiger partial charge in [0.15, 0.2) is 0 Å². The Morgan fingerprint density at radius 2 is 1.90 bits per heavy atom. The molecule has 1 heterocycles. The van der Waals surface area contributed by atoms with E-state index in [0.29, 0.717) is 0 Å². The first-order valence-electron chi connectivity index (χ1n) is 3.18. The van der Waals surface area contributed by atoms with Crippen molar-refractivity contribution in [3.63, 3.8) is 0 Å². The van der Waals surface area contributed by atoms with Gasteiger partial charge in [0.25, 0.3) is 0 Å². The van der Waals surface area contributed by atoms with Crippen molar-refractivity contribution in [2.75, 3.05) is 5.43 Å². The van der Waals surface area contributed by atoms with Crippen molar-refractivity contribution >= 4 is 11.4 Å². The van der Waals surface area contributed by atoms with Gasteiger partial charge in [-0.05, 0) is 6.07 Å². The molecule has 2 rings (SSSR count). The minimum atomic E-state index is 0.940. The fourth-order valence-electron chi connectivity index (χ4n) is 1.07. The molecule has 0 unspecified atom stereocenters. The lowest BCUT2D eigenvalue weighted by molar-refractivity contribution is 1.14. The third kappa shape index (κ3) is 0.589. The Morgan fingerprint density at radius 3 is 2.70 bits per heavy atom. The Labute approximate surface area is 59.5 Å². The molecular formula is C8H8N2. The molecule has 1 aliphatic heterocycles. The number of benzene rings is 1. The van der Waals surface area contributed by atoms with Crippen LogP contribution in [0, 0.1) is 0 Å². The van der Waals surface area contributed by atoms with E-state index in [4.69, 9.17) is 0 Å². The van der Waals surface area contributed by atoms with Crippen LogP contribution in [0.25, 0.3) is 5.70 Å². The number of rotatable bonds is 0. The lowest BCUT2D eigenvalue weighted by atomic mass is 10.2. The van der Waals surface area contributed by atoms with E-state index in [2.05, 4.69) is 17.4 Å². The first-order valence-corrected chi connectivity index (χ1v) is 3.18. The Kier molecular flexibility index (Phi) is 0.947. The number of anilines is 1. The van der Waals surface area contributed by atoms with Crippen molar-refractivity contribution in [1.29, 1.82) is 0 Å². The minimum absolute atomic E-state index is 0.940. The Balaban J connectivity index is 2.61. The van der Waals surface area contributed by atoms with Gasteiger partial charge in [-0.15, -0.1) is 0 Å². The van der Waals surface area contributed by atoms with Crippen LogP contribution in [0.2, 0.25) is 0 Å². The highest BCUT2D eigenvalue weighted by molar-refractivity contribution is 5.79. The van der Waals surface area contributed by atoms with Crippen LogP contribution in [0.3, 0.4) is 0 Å². The van der Waals surface area contributed by atoms with Crippen LogP contribution in [0.15, 0.2) is 30.8 Å². The normalized spacial score (nSPS) is 13.8. The maximum absolute atomic E-state index is 3.82. The lowest BCUT2D eigenvalue weighted by Crippen LogP contribution is -2.09. The van der Waals surface area contributed by atoms with Crippen molar-refractivity contribution in [1.82, 2.24) is 5.43 Å². The molecule has 0 fully saturated rings. The maximum Gasteiger partial charge on any atom is 0.0633 e. The molecule has 2 N–H and O–H groups in total. The molecule has 2 heteroatoms. The van der Waals surface area contributed by atoms with Crippen molar-refractivity contribution in [3.05, 3.63) is 36.4 Å². The molecule has 0 bridgehead atoms. The topological polar surface area (TPSA) is 24.1 Å². The summed E-state index contributed by atoms with van der Waals surface area (Å²) in [4.78, 5) is 0. The number of fused-ring (bicyclic) bond motifs is 1. The molecule has 0 amide bonds. The van der Waals surface area contributed by atoms with Crippen molar-refractivity contribution in [2.24, 2.45) is 0 Å². The second-order valence-electron chi connectivity index (χ2n) is 2.27. The number of para-hydroxylation sites is 1. The molecule has 0 saturated heterocycles. The molecule has 10 heavy (non-hydrogen) atoms. The predicted molar refractivity (Wildman–Crippen MR) is 42.2 cm³/mol. The number of nitrogens with one attached hydrogen (secondary N) is 2. The highest BCUT2D eigenvalue weighted by Gasteiger charge is 2.10. The molecule has 2 nitrogen and oxygen atoms in total. The highest BCUT2D eigenvalue weighted by Crippen LogP contribution is 2.24. The predicted octanol–water partition coefficient (Wildman–Crippen LogP) is 1.59. The number of hydrogen-bond acceptors (Lipinski definition) is 2. The summed E-state index contributed by atoms with van der Waals surface area (Å²) in [7, 11) is 0. The largest absolute Gasteiger partial charge is 0.301 e. The Morgan fingerprint density at radius 1 is 1.10 bits per heavy atom. The van der Waals surface area contributed by atoms with E-state index in [1.54, 1.807) is 0 Å². The average Bonchev–Trinajstić information content (AvgIpc) is 2.34. The molecular weight excluding hydrogens is 124 g/mol. The van der Waals surface area contributed by atoms with Crippen LogP contribution in [0.4, 0.5) is 5.69 Å². The van der Waals surface area contributed by atoms with Gasteiger partial charge in [0.05, 0.1) is 11.4 Å². The van der Waals surface area contributed by atoms with E-state index < -0.39 is 0 Å². The van der Waals surface area contributed by atoms with Gasteiger partial charge in [0, 0.05) is 5.56 Å². The van der Waals surface area contributed by atoms with Crippen LogP contribution in [0.1, 0.15) is 5.56 Å². The summed E-state index contributed by atoms with van der Waals surface area (Å²) in [6.45, 7) is 3.82. The molecule has 0 spiro atoms. The average molecular weight is 132 g/mol. The fraction of sp³-hybridized carbons (Fsp3) is 0. The molecule has 0 atom stereocenters. The first kappa shape index (κ1) is 5.35. The molecule has 1 aromatic rings. The third-order valence-corrected chi connectivity index (χ3v) is 1.60. The van der Waals surface area contributed by atoms with E-state index in [9.17, 15) is 0 Å². The summed E-state index contributed by atoms with van der Waals surface area (Å²) in [5, 5.41) is 0. The Bertz CT molecular complexity index is 278. The molecule has 50 valence electrons. The summed E-state index contributed by atoms with van der Waals surface area (Å²) in [6, 6.07) is 8.04. The molecule has 0 aliphatic carbocycles. The summed E-state index contributed by atoms with van der Waals surface area (Å²) >= 11 is 0. The van der Waals surface area contributed by atoms with Crippen molar-refractivity contribution in [3.8, 4) is 0 Å². The minimum Gasteiger partial charge on any atom is -0.301 e. The van der Waals surface area contributed by atoms with E-state index in [-0.39, 0.29) is 0 Å². The van der Waals surface area contributed by atoms with Crippen molar-refractivity contribution in [2.45, 2.75) is 0 Å². The monoisotopic (exact) mass is 132 g/mol. The van der Waals surface area contributed by atoms with Gasteiger partial charge in [0.1, 0.15) is 0 Å². The SMILES string of the molecule is C=C1NNc2ccccc21. The zero-order valence-electron chi connectivity index (χ0n) is 5.52. The molecule has 0 saturated carbocycles. The lowest BCUT2D eigenvalue weighted by Gasteiger charge is -1.92. The molecule has 1 aliphatic rings. The number of hydrazine groups is 1. The zero-order chi connectivity index (χ0) is 6.97. The van der Waals surface area contributed by atoms with Crippen LogP contribution < -0.4 is 10.9 Å². The van der Waals surface area contributed by atoms with Crippen LogP contribution in [-0.2, 0) is 0 Å². The van der Waals surface area contributed by atoms with Gasteiger partial charge >= 0.3 is 0 Å². The van der Waals surface area contributed by atoms with Gasteiger partial charge in [0.2, 0.25) is 0 Å². The number of hydrogen-bond donors (Lipinski definition) is 2. The smallest absolute Gasteiger partial charge is 0.0633 e. The highest BCUT2D eigenvalue weighted by atomic mass is 15.4. The van der Waals surface area contributed by atoms with Gasteiger partial charge in [-0.3, -0.25) is 0 Å². The zero-order valence-corrected chi connectivity index (χ0v) is 5.52. The Hall–Kier alpha value is -1.44. The molecule has 0 radical (unpaired) electrons. The van der Waals surface area contributed by atoms with Crippen molar-refractivity contribution < 1.29 is 0 Å². The van der Waals surface area contributed by atoms with Gasteiger partial charge in [-0.2, -0.15) is 0 Å². The standard InChI is InChI=1S/C8H8N2/c1-6-7-4-2-3-5-8(7)10-9-6/h2-5,9-10H,1H2.